The van der Waals surface area contributed by atoms with Crippen LogP contribution in [-0.2, 0) is 16.5 Å². The molecule has 3 aromatic rings. The molecule has 0 fully saturated rings. The molecule has 2 heterocycles. The summed E-state index contributed by atoms with van der Waals surface area (Å²) in [6, 6.07) is 2.48. The molecule has 0 saturated carbocycles. The predicted octanol–water partition coefficient (Wildman–Crippen LogP) is 6.26. The lowest BCUT2D eigenvalue weighted by Gasteiger charge is -2.28. The summed E-state index contributed by atoms with van der Waals surface area (Å²) in [7, 11) is 1.73. The number of halogens is 2. The van der Waals surface area contributed by atoms with Gasteiger partial charge in [0, 0.05) is 13.2 Å². The number of ether oxygens (including phenoxy) is 4. The highest BCUT2D eigenvalue weighted by Gasteiger charge is 2.31. The standard InChI is InChI=1S/C28H34ClFN4O7/c1-16(39-20-13-31-24-23(32-20)17(15-35)14-33(24)8)21-19(10-9-18(30)22(21)29)38-12-11-34(25(36)40-27(2,3)4)26(37)41-28(5,6)7/h9-10,13-16H,11-12H2,1-8H3. The van der Waals surface area contributed by atoms with Crippen molar-refractivity contribution in [2.45, 2.75) is 65.8 Å². The van der Waals surface area contributed by atoms with E-state index in [4.69, 9.17) is 30.5 Å². The van der Waals surface area contributed by atoms with Crippen molar-refractivity contribution in [1.82, 2.24) is 19.4 Å². The van der Waals surface area contributed by atoms with Gasteiger partial charge in [-0.3, -0.25) is 4.79 Å². The molecule has 0 N–H and O–H groups in total. The normalized spacial score (nSPS) is 12.5. The van der Waals surface area contributed by atoms with Crippen molar-refractivity contribution < 1.29 is 37.7 Å². The molecule has 1 unspecified atom stereocenters. The quantitative estimate of drug-likeness (QED) is 0.279. The van der Waals surface area contributed by atoms with Crippen LogP contribution < -0.4 is 9.47 Å². The first-order valence-corrected chi connectivity index (χ1v) is 13.2. The molecular weight excluding hydrogens is 559 g/mol. The van der Waals surface area contributed by atoms with Crippen LogP contribution in [0.4, 0.5) is 14.0 Å². The van der Waals surface area contributed by atoms with Crippen LogP contribution in [-0.4, -0.2) is 62.3 Å². The lowest BCUT2D eigenvalue weighted by molar-refractivity contribution is -0.000758. The molecule has 2 aromatic heterocycles. The second kappa shape index (κ2) is 12.3. The van der Waals surface area contributed by atoms with Crippen molar-refractivity contribution in [2.75, 3.05) is 13.2 Å². The Hall–Kier alpha value is -3.93. The van der Waals surface area contributed by atoms with Gasteiger partial charge in [-0.1, -0.05) is 11.6 Å². The van der Waals surface area contributed by atoms with E-state index in [0.29, 0.717) is 23.0 Å². The van der Waals surface area contributed by atoms with Gasteiger partial charge in [-0.15, -0.1) is 0 Å². The molecule has 2 amide bonds. The molecule has 1 atom stereocenters. The van der Waals surface area contributed by atoms with Crippen LogP contribution in [0.2, 0.25) is 5.02 Å². The summed E-state index contributed by atoms with van der Waals surface area (Å²) < 4.78 is 38.6. The third kappa shape index (κ3) is 8.06. The number of aldehydes is 1. The molecule has 0 bridgehead atoms. The van der Waals surface area contributed by atoms with Gasteiger partial charge in [-0.2, -0.15) is 0 Å². The Bertz CT molecular complexity index is 1420. The van der Waals surface area contributed by atoms with Crippen molar-refractivity contribution in [1.29, 1.82) is 0 Å². The molecule has 13 heteroatoms. The molecular formula is C28H34ClFN4O7. The smallest absolute Gasteiger partial charge is 0.419 e. The number of fused-ring (bicyclic) bond motifs is 1. The maximum absolute atomic E-state index is 14.5. The van der Waals surface area contributed by atoms with Crippen LogP contribution in [0.25, 0.3) is 11.2 Å². The highest BCUT2D eigenvalue weighted by Crippen LogP contribution is 2.36. The minimum atomic E-state index is -0.908. The third-order valence-electron chi connectivity index (χ3n) is 5.40. The first-order chi connectivity index (χ1) is 19.0. The molecule has 0 aliphatic carbocycles. The molecule has 0 aliphatic rings. The molecule has 11 nitrogen and oxygen atoms in total. The van der Waals surface area contributed by atoms with Crippen molar-refractivity contribution in [3.8, 4) is 11.6 Å². The first kappa shape index (κ1) is 31.6. The number of hydrogen-bond acceptors (Lipinski definition) is 9. The molecule has 0 aliphatic heterocycles. The van der Waals surface area contributed by atoms with Gasteiger partial charge in [0.25, 0.3) is 0 Å². The van der Waals surface area contributed by atoms with Gasteiger partial charge < -0.3 is 23.5 Å². The fourth-order valence-corrected chi connectivity index (χ4v) is 4.03. The zero-order valence-corrected chi connectivity index (χ0v) is 25.0. The van der Waals surface area contributed by atoms with Crippen LogP contribution in [0.3, 0.4) is 0 Å². The van der Waals surface area contributed by atoms with E-state index in [-0.39, 0.29) is 35.4 Å². The van der Waals surface area contributed by atoms with Crippen LogP contribution in [0.15, 0.2) is 24.5 Å². The Morgan fingerprint density at radius 1 is 1.12 bits per heavy atom. The van der Waals surface area contributed by atoms with E-state index in [0.717, 1.165) is 11.0 Å². The monoisotopic (exact) mass is 592 g/mol. The van der Waals surface area contributed by atoms with Gasteiger partial charge in [0.05, 0.1) is 28.9 Å². The summed E-state index contributed by atoms with van der Waals surface area (Å²) in [6.07, 6.45) is 0.940. The minimum absolute atomic E-state index is 0.0756. The Morgan fingerprint density at radius 2 is 1.73 bits per heavy atom. The van der Waals surface area contributed by atoms with Crippen molar-refractivity contribution >= 4 is 41.2 Å². The van der Waals surface area contributed by atoms with Gasteiger partial charge in [-0.25, -0.2) is 28.8 Å². The zero-order valence-electron chi connectivity index (χ0n) is 24.3. The average molecular weight is 593 g/mol. The van der Waals surface area contributed by atoms with Crippen LogP contribution >= 0.6 is 11.6 Å². The summed E-state index contributed by atoms with van der Waals surface area (Å²) in [5, 5.41) is -0.242. The van der Waals surface area contributed by atoms with E-state index < -0.39 is 35.3 Å². The maximum Gasteiger partial charge on any atom is 0.419 e. The number of imide groups is 1. The van der Waals surface area contributed by atoms with Gasteiger partial charge in [0.15, 0.2) is 11.9 Å². The van der Waals surface area contributed by atoms with Gasteiger partial charge in [0.1, 0.15) is 41.0 Å². The summed E-state index contributed by atoms with van der Waals surface area (Å²) in [5.74, 6) is -0.479. The third-order valence-corrected chi connectivity index (χ3v) is 5.78. The molecule has 0 radical (unpaired) electrons. The largest absolute Gasteiger partial charge is 0.491 e. The SMILES string of the molecule is CC(Oc1cnc2c(n1)c(C=O)cn2C)c1c(OCCN(C(=O)OC(C)(C)C)C(=O)OC(C)(C)C)ccc(F)c1Cl. The Balaban J connectivity index is 1.83. The number of amides is 2. The maximum atomic E-state index is 14.5. The number of aryl methyl sites for hydroxylation is 1. The zero-order chi connectivity index (χ0) is 30.7. The molecule has 222 valence electrons. The number of benzene rings is 1. The van der Waals surface area contributed by atoms with E-state index in [1.165, 1.54) is 12.3 Å². The number of nitrogens with zero attached hydrogens (tertiary/aromatic N) is 4. The minimum Gasteiger partial charge on any atom is -0.491 e. The number of rotatable bonds is 8. The highest BCUT2D eigenvalue weighted by atomic mass is 35.5. The lowest BCUT2D eigenvalue weighted by atomic mass is 10.1. The van der Waals surface area contributed by atoms with Crippen LogP contribution in [0, 0.1) is 5.82 Å². The van der Waals surface area contributed by atoms with Gasteiger partial charge in [0.2, 0.25) is 5.88 Å². The van der Waals surface area contributed by atoms with Crippen molar-refractivity contribution in [3.63, 3.8) is 0 Å². The lowest BCUT2D eigenvalue weighted by Crippen LogP contribution is -2.45. The van der Waals surface area contributed by atoms with Gasteiger partial charge >= 0.3 is 12.2 Å². The number of carbonyl (C=O) groups excluding carboxylic acids is 3. The highest BCUT2D eigenvalue weighted by molar-refractivity contribution is 6.31. The summed E-state index contributed by atoms with van der Waals surface area (Å²) >= 11 is 6.31. The predicted molar refractivity (Wildman–Crippen MR) is 149 cm³/mol. The topological polar surface area (TPSA) is 122 Å². The summed E-state index contributed by atoms with van der Waals surface area (Å²) in [6.45, 7) is 11.2. The van der Waals surface area contributed by atoms with Crippen LogP contribution in [0.5, 0.6) is 11.6 Å². The van der Waals surface area contributed by atoms with Crippen molar-refractivity contribution in [2.24, 2.45) is 7.05 Å². The Kier molecular flexibility index (Phi) is 9.47. The van der Waals surface area contributed by atoms with Crippen molar-refractivity contribution in [3.05, 3.63) is 46.5 Å². The molecule has 1 aromatic carbocycles. The second-order valence-electron chi connectivity index (χ2n) is 11.2. The van der Waals surface area contributed by atoms with E-state index in [1.807, 2.05) is 0 Å². The first-order valence-electron chi connectivity index (χ1n) is 12.8. The second-order valence-corrected chi connectivity index (χ2v) is 11.6. The Morgan fingerprint density at radius 3 is 2.29 bits per heavy atom. The van der Waals surface area contributed by atoms with Crippen LogP contribution in [0.1, 0.15) is 70.5 Å². The fraction of sp³-hybridized carbons (Fsp3) is 0.464. The van der Waals surface area contributed by atoms with E-state index in [9.17, 15) is 18.8 Å². The average Bonchev–Trinajstić information content (AvgIpc) is 3.16. The molecule has 0 saturated heterocycles. The number of hydrogen-bond donors (Lipinski definition) is 0. The number of aromatic nitrogens is 3. The molecule has 41 heavy (non-hydrogen) atoms. The molecule has 0 spiro atoms. The Labute approximate surface area is 242 Å². The van der Waals surface area contributed by atoms with Gasteiger partial charge in [-0.05, 0) is 60.6 Å². The summed E-state index contributed by atoms with van der Waals surface area (Å²) in [4.78, 5) is 46.4. The molecule has 3 rings (SSSR count). The van der Waals surface area contributed by atoms with E-state index in [2.05, 4.69) is 9.97 Å². The van der Waals surface area contributed by atoms with E-state index >= 15 is 0 Å². The van der Waals surface area contributed by atoms with E-state index in [1.54, 1.807) is 66.3 Å². The number of carbonyl (C=O) groups is 3. The summed E-state index contributed by atoms with van der Waals surface area (Å²) in [5.41, 5.74) is -0.391. The fourth-order valence-electron chi connectivity index (χ4n) is 3.72.